The van der Waals surface area contributed by atoms with Crippen molar-refractivity contribution in [3.8, 4) is 5.75 Å². The molecule has 4 heteroatoms. The van der Waals surface area contributed by atoms with Crippen LogP contribution in [0.25, 0.3) is 0 Å². The minimum atomic E-state index is -0.511. The number of amides is 1. The molecule has 110 valence electrons. The molecular formula is C17H19NO3. The summed E-state index contributed by atoms with van der Waals surface area (Å²) in [6.07, 6.45) is -0.259. The molecule has 0 aromatic heterocycles. The molecule has 1 unspecified atom stereocenters. The first kappa shape index (κ1) is 15.1. The molecule has 2 aromatic carbocycles. The van der Waals surface area contributed by atoms with E-state index < -0.39 is 6.10 Å². The van der Waals surface area contributed by atoms with E-state index in [1.165, 1.54) is 0 Å². The van der Waals surface area contributed by atoms with Crippen LogP contribution in [0.2, 0.25) is 0 Å². The van der Waals surface area contributed by atoms with E-state index in [4.69, 9.17) is 4.74 Å². The zero-order valence-electron chi connectivity index (χ0n) is 12.2. The highest BCUT2D eigenvalue weighted by Gasteiger charge is 2.08. The molecule has 2 N–H and O–H groups in total. The SMILES string of the molecule is COc1ccccc1CC(=O)Nc1ccc(C(C)O)cc1. The molecule has 2 rings (SSSR count). The summed E-state index contributed by atoms with van der Waals surface area (Å²) in [6, 6.07) is 14.6. The van der Waals surface area contributed by atoms with Gasteiger partial charge in [0.05, 0.1) is 19.6 Å². The lowest BCUT2D eigenvalue weighted by atomic mass is 10.1. The lowest BCUT2D eigenvalue weighted by Crippen LogP contribution is -2.14. The van der Waals surface area contributed by atoms with Gasteiger partial charge >= 0.3 is 0 Å². The molecule has 0 heterocycles. The van der Waals surface area contributed by atoms with Gasteiger partial charge < -0.3 is 15.2 Å². The van der Waals surface area contributed by atoms with Crippen molar-refractivity contribution in [1.29, 1.82) is 0 Å². The molecule has 2 aromatic rings. The molecule has 0 aliphatic rings. The smallest absolute Gasteiger partial charge is 0.228 e. The molecule has 21 heavy (non-hydrogen) atoms. The van der Waals surface area contributed by atoms with Gasteiger partial charge in [0.15, 0.2) is 0 Å². The number of aliphatic hydroxyl groups excluding tert-OH is 1. The number of ether oxygens (including phenoxy) is 1. The fraction of sp³-hybridized carbons (Fsp3) is 0.235. The maximum absolute atomic E-state index is 12.1. The topological polar surface area (TPSA) is 58.6 Å². The Kier molecular flexibility index (Phi) is 4.95. The molecule has 0 radical (unpaired) electrons. The molecule has 0 aliphatic heterocycles. The second kappa shape index (κ2) is 6.90. The van der Waals surface area contributed by atoms with E-state index in [2.05, 4.69) is 5.32 Å². The highest BCUT2D eigenvalue weighted by Crippen LogP contribution is 2.19. The molecule has 0 spiro atoms. The van der Waals surface area contributed by atoms with Crippen LogP contribution in [0, 0.1) is 0 Å². The van der Waals surface area contributed by atoms with Crippen molar-refractivity contribution >= 4 is 11.6 Å². The summed E-state index contributed by atoms with van der Waals surface area (Å²) < 4.78 is 5.23. The molecule has 0 saturated heterocycles. The van der Waals surface area contributed by atoms with Crippen molar-refractivity contribution in [2.24, 2.45) is 0 Å². The minimum absolute atomic E-state index is 0.107. The number of rotatable bonds is 5. The van der Waals surface area contributed by atoms with Gasteiger partial charge in [-0.05, 0) is 30.7 Å². The Labute approximate surface area is 124 Å². The average molecular weight is 285 g/mol. The molecule has 1 amide bonds. The minimum Gasteiger partial charge on any atom is -0.496 e. The molecule has 0 aliphatic carbocycles. The number of benzene rings is 2. The molecule has 4 nitrogen and oxygen atoms in total. The number of carbonyl (C=O) groups excluding carboxylic acids is 1. The van der Waals surface area contributed by atoms with Crippen LogP contribution in [0.4, 0.5) is 5.69 Å². The van der Waals surface area contributed by atoms with Crippen molar-refractivity contribution in [2.45, 2.75) is 19.4 Å². The van der Waals surface area contributed by atoms with Gasteiger partial charge in [0, 0.05) is 11.3 Å². The van der Waals surface area contributed by atoms with Crippen molar-refractivity contribution in [2.75, 3.05) is 12.4 Å². The fourth-order valence-electron chi connectivity index (χ4n) is 2.07. The second-order valence-corrected chi connectivity index (χ2v) is 4.83. The number of anilines is 1. The maximum atomic E-state index is 12.1. The van der Waals surface area contributed by atoms with E-state index >= 15 is 0 Å². The van der Waals surface area contributed by atoms with E-state index in [1.807, 2.05) is 24.3 Å². The van der Waals surface area contributed by atoms with E-state index in [1.54, 1.807) is 38.3 Å². The fourth-order valence-corrected chi connectivity index (χ4v) is 2.07. The second-order valence-electron chi connectivity index (χ2n) is 4.83. The number of nitrogens with one attached hydrogen (secondary N) is 1. The number of para-hydroxylation sites is 1. The Morgan fingerprint density at radius 1 is 1.19 bits per heavy atom. The molecule has 0 bridgehead atoms. The van der Waals surface area contributed by atoms with Gasteiger partial charge in [-0.3, -0.25) is 4.79 Å². The number of carbonyl (C=O) groups is 1. The zero-order valence-corrected chi connectivity index (χ0v) is 12.2. The average Bonchev–Trinajstić information content (AvgIpc) is 2.48. The highest BCUT2D eigenvalue weighted by atomic mass is 16.5. The quantitative estimate of drug-likeness (QED) is 0.888. The van der Waals surface area contributed by atoms with Crippen molar-refractivity contribution in [3.05, 3.63) is 59.7 Å². The molecule has 1 atom stereocenters. The Balaban J connectivity index is 2.01. The number of hydrogen-bond donors (Lipinski definition) is 2. The monoisotopic (exact) mass is 285 g/mol. The summed E-state index contributed by atoms with van der Waals surface area (Å²) in [6.45, 7) is 1.70. The van der Waals surface area contributed by atoms with Crippen LogP contribution in [0.1, 0.15) is 24.2 Å². The third kappa shape index (κ3) is 4.07. The van der Waals surface area contributed by atoms with Crippen LogP contribution in [0.15, 0.2) is 48.5 Å². The first-order chi connectivity index (χ1) is 10.1. The van der Waals surface area contributed by atoms with Gasteiger partial charge in [0.2, 0.25) is 5.91 Å². The van der Waals surface area contributed by atoms with Crippen LogP contribution in [-0.4, -0.2) is 18.1 Å². The van der Waals surface area contributed by atoms with Crippen LogP contribution in [0.3, 0.4) is 0 Å². The zero-order chi connectivity index (χ0) is 15.2. The maximum Gasteiger partial charge on any atom is 0.228 e. The van der Waals surface area contributed by atoms with Crippen LogP contribution in [0.5, 0.6) is 5.75 Å². The van der Waals surface area contributed by atoms with E-state index in [9.17, 15) is 9.90 Å². The Morgan fingerprint density at radius 3 is 2.48 bits per heavy atom. The molecular weight excluding hydrogens is 266 g/mol. The van der Waals surface area contributed by atoms with Crippen molar-refractivity contribution < 1.29 is 14.6 Å². The van der Waals surface area contributed by atoms with Crippen LogP contribution in [-0.2, 0) is 11.2 Å². The van der Waals surface area contributed by atoms with E-state index in [0.29, 0.717) is 11.4 Å². The summed E-state index contributed by atoms with van der Waals surface area (Å²) in [7, 11) is 1.59. The van der Waals surface area contributed by atoms with Gasteiger partial charge in [-0.15, -0.1) is 0 Å². The Bertz CT molecular complexity index is 606. The molecule has 0 fully saturated rings. The van der Waals surface area contributed by atoms with Gasteiger partial charge in [0.1, 0.15) is 5.75 Å². The van der Waals surface area contributed by atoms with Gasteiger partial charge in [0.25, 0.3) is 0 Å². The summed E-state index contributed by atoms with van der Waals surface area (Å²) in [5.41, 5.74) is 2.37. The Morgan fingerprint density at radius 2 is 1.86 bits per heavy atom. The molecule has 0 saturated carbocycles. The first-order valence-electron chi connectivity index (χ1n) is 6.80. The summed E-state index contributed by atoms with van der Waals surface area (Å²) in [4.78, 5) is 12.1. The van der Waals surface area contributed by atoms with Gasteiger partial charge in [-0.1, -0.05) is 30.3 Å². The normalized spacial score (nSPS) is 11.8. The van der Waals surface area contributed by atoms with Crippen LogP contribution < -0.4 is 10.1 Å². The Hall–Kier alpha value is -2.33. The van der Waals surface area contributed by atoms with Crippen molar-refractivity contribution in [3.63, 3.8) is 0 Å². The third-order valence-electron chi connectivity index (χ3n) is 3.22. The standard InChI is InChI=1S/C17H19NO3/c1-12(19)13-7-9-15(10-8-13)18-17(20)11-14-5-3-4-6-16(14)21-2/h3-10,12,19H,11H2,1-2H3,(H,18,20). The van der Waals surface area contributed by atoms with Gasteiger partial charge in [-0.25, -0.2) is 0 Å². The van der Waals surface area contributed by atoms with E-state index in [0.717, 1.165) is 11.1 Å². The lowest BCUT2D eigenvalue weighted by molar-refractivity contribution is -0.115. The largest absolute Gasteiger partial charge is 0.496 e. The summed E-state index contributed by atoms with van der Waals surface area (Å²) >= 11 is 0. The number of methoxy groups -OCH3 is 1. The summed E-state index contributed by atoms with van der Waals surface area (Å²) in [5.74, 6) is 0.599. The predicted octanol–water partition coefficient (Wildman–Crippen LogP) is 2.93. The van der Waals surface area contributed by atoms with Crippen molar-refractivity contribution in [1.82, 2.24) is 0 Å². The third-order valence-corrected chi connectivity index (χ3v) is 3.22. The summed E-state index contributed by atoms with van der Waals surface area (Å²) in [5, 5.41) is 12.3. The lowest BCUT2D eigenvalue weighted by Gasteiger charge is -2.10. The highest BCUT2D eigenvalue weighted by molar-refractivity contribution is 5.92. The van der Waals surface area contributed by atoms with Crippen LogP contribution >= 0.6 is 0 Å². The first-order valence-corrected chi connectivity index (χ1v) is 6.80. The van der Waals surface area contributed by atoms with E-state index in [-0.39, 0.29) is 12.3 Å². The van der Waals surface area contributed by atoms with Gasteiger partial charge in [-0.2, -0.15) is 0 Å². The number of hydrogen-bond acceptors (Lipinski definition) is 3. The predicted molar refractivity (Wildman–Crippen MR) is 82.4 cm³/mol. The number of aliphatic hydroxyl groups is 1.